The molecule has 1 aliphatic heterocycles. The zero-order chi connectivity index (χ0) is 6.97. The summed E-state index contributed by atoms with van der Waals surface area (Å²) in [5.41, 5.74) is 6.20. The van der Waals surface area contributed by atoms with Crippen molar-refractivity contribution in [3.63, 3.8) is 0 Å². The maximum absolute atomic E-state index is 5.57. The first-order chi connectivity index (χ1) is 4.88. The minimum absolute atomic E-state index is 0. The highest BCUT2D eigenvalue weighted by Gasteiger charge is 2.14. The van der Waals surface area contributed by atoms with Gasteiger partial charge >= 0.3 is 0 Å². The molecule has 2 rings (SSSR count). The maximum Gasteiger partial charge on any atom is 0.231 e. The summed E-state index contributed by atoms with van der Waals surface area (Å²) in [7, 11) is 0. The Morgan fingerprint density at radius 3 is 2.82 bits per heavy atom. The molecular weight excluding hydrogens is 166 g/mol. The molecule has 2 N–H and O–H groups in total. The van der Waals surface area contributed by atoms with Crippen molar-refractivity contribution in [3.05, 3.63) is 18.2 Å². The van der Waals surface area contributed by atoms with Crippen LogP contribution in [0.2, 0.25) is 0 Å². The highest BCUT2D eigenvalue weighted by Crippen LogP contribution is 2.36. The predicted octanol–water partition coefficient (Wildman–Crippen LogP) is 1.42. The quantitative estimate of drug-likeness (QED) is 0.604. The standard InChI is InChI=1S/C7H7NO2.ClH/c8-5-2-1-3-6-7(5)10-4-9-6;/h1-3H,4,8H2;1H. The SMILES string of the molecule is Cl.Nc1cccc2c1OCO2. The molecule has 1 aromatic rings. The van der Waals surface area contributed by atoms with E-state index in [1.807, 2.05) is 12.1 Å². The second-order valence-electron chi connectivity index (χ2n) is 2.08. The lowest BCUT2D eigenvalue weighted by Crippen LogP contribution is -1.94. The average molecular weight is 174 g/mol. The molecule has 60 valence electrons. The minimum Gasteiger partial charge on any atom is -0.454 e. The van der Waals surface area contributed by atoms with Crippen LogP contribution in [0.4, 0.5) is 5.69 Å². The summed E-state index contributed by atoms with van der Waals surface area (Å²) < 4.78 is 10.2. The van der Waals surface area contributed by atoms with E-state index >= 15 is 0 Å². The third kappa shape index (κ3) is 1.19. The zero-order valence-electron chi connectivity index (χ0n) is 5.74. The molecule has 0 aliphatic carbocycles. The van der Waals surface area contributed by atoms with Gasteiger partial charge in [-0.15, -0.1) is 12.4 Å². The van der Waals surface area contributed by atoms with Crippen LogP contribution in [0, 0.1) is 0 Å². The van der Waals surface area contributed by atoms with Gasteiger partial charge in [-0.1, -0.05) is 6.07 Å². The molecule has 1 aliphatic rings. The number of hydrogen-bond donors (Lipinski definition) is 1. The van der Waals surface area contributed by atoms with E-state index in [0.29, 0.717) is 11.4 Å². The number of hydrogen-bond acceptors (Lipinski definition) is 3. The number of benzene rings is 1. The first kappa shape index (κ1) is 8.01. The lowest BCUT2D eigenvalue weighted by Gasteiger charge is -1.96. The highest BCUT2D eigenvalue weighted by atomic mass is 35.5. The van der Waals surface area contributed by atoms with Gasteiger partial charge in [0.2, 0.25) is 6.79 Å². The van der Waals surface area contributed by atoms with Gasteiger partial charge in [0, 0.05) is 0 Å². The van der Waals surface area contributed by atoms with Crippen LogP contribution in [0.5, 0.6) is 11.5 Å². The van der Waals surface area contributed by atoms with E-state index in [4.69, 9.17) is 15.2 Å². The number of anilines is 1. The van der Waals surface area contributed by atoms with Gasteiger partial charge in [0.25, 0.3) is 0 Å². The van der Waals surface area contributed by atoms with Crippen LogP contribution < -0.4 is 15.2 Å². The minimum atomic E-state index is 0. The Hall–Kier alpha value is -1.09. The molecule has 0 amide bonds. The molecule has 0 aromatic heterocycles. The molecule has 11 heavy (non-hydrogen) atoms. The number of nitrogen functional groups attached to an aromatic ring is 1. The Morgan fingerprint density at radius 2 is 2.09 bits per heavy atom. The summed E-state index contributed by atoms with van der Waals surface area (Å²) in [4.78, 5) is 0. The first-order valence-electron chi connectivity index (χ1n) is 3.02. The Morgan fingerprint density at radius 1 is 1.27 bits per heavy atom. The largest absolute Gasteiger partial charge is 0.454 e. The van der Waals surface area contributed by atoms with Crippen molar-refractivity contribution in [1.29, 1.82) is 0 Å². The molecule has 0 bridgehead atoms. The van der Waals surface area contributed by atoms with Crippen molar-refractivity contribution in [2.45, 2.75) is 0 Å². The van der Waals surface area contributed by atoms with Gasteiger partial charge < -0.3 is 15.2 Å². The molecule has 0 spiro atoms. The summed E-state index contributed by atoms with van der Waals surface area (Å²) in [6.07, 6.45) is 0. The fourth-order valence-corrected chi connectivity index (χ4v) is 0.953. The van der Waals surface area contributed by atoms with E-state index in [9.17, 15) is 0 Å². The van der Waals surface area contributed by atoms with Crippen LogP contribution >= 0.6 is 12.4 Å². The fraction of sp³-hybridized carbons (Fsp3) is 0.143. The molecular formula is C7H8ClNO2. The third-order valence-electron chi connectivity index (χ3n) is 1.43. The normalized spacial score (nSPS) is 12.4. The van der Waals surface area contributed by atoms with Gasteiger partial charge in [0.05, 0.1) is 5.69 Å². The smallest absolute Gasteiger partial charge is 0.231 e. The van der Waals surface area contributed by atoms with Crippen LogP contribution in [0.25, 0.3) is 0 Å². The lowest BCUT2D eigenvalue weighted by atomic mass is 10.3. The number of fused-ring (bicyclic) bond motifs is 1. The van der Waals surface area contributed by atoms with Crippen molar-refractivity contribution >= 4 is 18.1 Å². The topological polar surface area (TPSA) is 44.5 Å². The average Bonchev–Trinajstić information content (AvgIpc) is 2.36. The maximum atomic E-state index is 5.57. The monoisotopic (exact) mass is 173 g/mol. The highest BCUT2D eigenvalue weighted by molar-refractivity contribution is 5.85. The summed E-state index contributed by atoms with van der Waals surface area (Å²) in [5.74, 6) is 1.41. The van der Waals surface area contributed by atoms with E-state index < -0.39 is 0 Å². The third-order valence-corrected chi connectivity index (χ3v) is 1.43. The molecule has 0 saturated heterocycles. The fourth-order valence-electron chi connectivity index (χ4n) is 0.953. The van der Waals surface area contributed by atoms with Crippen LogP contribution in [0.1, 0.15) is 0 Å². The molecule has 1 heterocycles. The van der Waals surface area contributed by atoms with E-state index in [1.165, 1.54) is 0 Å². The van der Waals surface area contributed by atoms with Crippen molar-refractivity contribution in [3.8, 4) is 11.5 Å². The number of para-hydroxylation sites is 1. The summed E-state index contributed by atoms with van der Waals surface area (Å²) in [6.45, 7) is 0.281. The number of halogens is 1. The van der Waals surface area contributed by atoms with Crippen molar-refractivity contribution in [1.82, 2.24) is 0 Å². The predicted molar refractivity (Wildman–Crippen MR) is 44.2 cm³/mol. The molecule has 0 radical (unpaired) electrons. The molecule has 1 aromatic carbocycles. The van der Waals surface area contributed by atoms with E-state index in [-0.39, 0.29) is 19.2 Å². The molecule has 0 atom stereocenters. The molecule has 4 heteroatoms. The summed E-state index contributed by atoms with van der Waals surface area (Å²) >= 11 is 0. The van der Waals surface area contributed by atoms with E-state index in [0.717, 1.165) is 5.75 Å². The second-order valence-corrected chi connectivity index (χ2v) is 2.08. The zero-order valence-corrected chi connectivity index (χ0v) is 6.56. The van der Waals surface area contributed by atoms with Crippen molar-refractivity contribution in [2.75, 3.05) is 12.5 Å². The Balaban J connectivity index is 0.000000605. The Labute approximate surface area is 70.5 Å². The molecule has 0 saturated carbocycles. The van der Waals surface area contributed by atoms with Crippen LogP contribution in [0.3, 0.4) is 0 Å². The molecule has 0 fully saturated rings. The van der Waals surface area contributed by atoms with Gasteiger partial charge in [0.15, 0.2) is 11.5 Å². The second kappa shape index (κ2) is 2.88. The Kier molecular flexibility index (Phi) is 2.10. The van der Waals surface area contributed by atoms with Gasteiger partial charge in [-0.3, -0.25) is 0 Å². The van der Waals surface area contributed by atoms with Crippen LogP contribution in [0.15, 0.2) is 18.2 Å². The van der Waals surface area contributed by atoms with Gasteiger partial charge in [-0.05, 0) is 12.1 Å². The first-order valence-corrected chi connectivity index (χ1v) is 3.02. The summed E-state index contributed by atoms with van der Waals surface area (Å²) in [5, 5.41) is 0. The summed E-state index contributed by atoms with van der Waals surface area (Å²) in [6, 6.07) is 5.45. The van der Waals surface area contributed by atoms with Crippen LogP contribution in [-0.2, 0) is 0 Å². The van der Waals surface area contributed by atoms with Gasteiger partial charge in [0.1, 0.15) is 0 Å². The number of nitrogens with two attached hydrogens (primary N) is 1. The number of ether oxygens (including phenoxy) is 2. The van der Waals surface area contributed by atoms with Gasteiger partial charge in [-0.2, -0.15) is 0 Å². The van der Waals surface area contributed by atoms with Crippen LogP contribution in [-0.4, -0.2) is 6.79 Å². The molecule has 0 unspecified atom stereocenters. The number of rotatable bonds is 0. The lowest BCUT2D eigenvalue weighted by molar-refractivity contribution is 0.174. The van der Waals surface area contributed by atoms with E-state index in [2.05, 4.69) is 0 Å². The van der Waals surface area contributed by atoms with Crippen molar-refractivity contribution in [2.24, 2.45) is 0 Å². The molecule has 3 nitrogen and oxygen atoms in total. The van der Waals surface area contributed by atoms with Crippen molar-refractivity contribution < 1.29 is 9.47 Å². The van der Waals surface area contributed by atoms with E-state index in [1.54, 1.807) is 6.07 Å². The van der Waals surface area contributed by atoms with Gasteiger partial charge in [-0.25, -0.2) is 0 Å². The Bertz CT molecular complexity index is 265.